The summed E-state index contributed by atoms with van der Waals surface area (Å²) in [6.45, 7) is 2.92. The molecule has 0 heterocycles. The van der Waals surface area contributed by atoms with Crippen molar-refractivity contribution in [1.29, 1.82) is 5.26 Å². The van der Waals surface area contributed by atoms with Crippen molar-refractivity contribution < 1.29 is 9.50 Å². The minimum atomic E-state index is -0.294. The van der Waals surface area contributed by atoms with Crippen LogP contribution in [0.5, 0.6) is 0 Å². The number of halogens is 1. The highest BCUT2D eigenvalue weighted by Gasteiger charge is 2.09. The molecule has 4 heteroatoms. The van der Waals surface area contributed by atoms with Crippen LogP contribution in [0, 0.1) is 34.9 Å². The molecule has 0 aliphatic carbocycles. The van der Waals surface area contributed by atoms with Gasteiger partial charge in [-0.2, -0.15) is 5.26 Å². The third-order valence-corrected chi connectivity index (χ3v) is 2.77. The van der Waals surface area contributed by atoms with Crippen LogP contribution in [0.15, 0.2) is 18.2 Å². The maximum atomic E-state index is 13.9. The lowest BCUT2D eigenvalue weighted by molar-refractivity contribution is 0.298. The van der Waals surface area contributed by atoms with E-state index in [1.807, 2.05) is 18.9 Å². The molecule has 0 radical (unpaired) electrons. The summed E-state index contributed by atoms with van der Waals surface area (Å²) >= 11 is 0. The van der Waals surface area contributed by atoms with Gasteiger partial charge in [0.2, 0.25) is 0 Å². The summed E-state index contributed by atoms with van der Waals surface area (Å²) in [5, 5.41) is 17.4. The Morgan fingerprint density at radius 3 is 2.80 bits per heavy atom. The van der Waals surface area contributed by atoms with Gasteiger partial charge in [0.1, 0.15) is 5.82 Å². The molecule has 0 aliphatic rings. The van der Waals surface area contributed by atoms with E-state index in [9.17, 15) is 4.39 Å². The van der Waals surface area contributed by atoms with Crippen molar-refractivity contribution in [2.45, 2.75) is 19.9 Å². The largest absolute Gasteiger partial charge is 0.395 e. The second-order valence-electron chi connectivity index (χ2n) is 4.81. The first kappa shape index (κ1) is 16.2. The number of benzene rings is 1. The summed E-state index contributed by atoms with van der Waals surface area (Å²) in [6, 6.07) is 7.05. The molecule has 1 aromatic rings. The zero-order valence-corrected chi connectivity index (χ0v) is 11.9. The third-order valence-electron chi connectivity index (χ3n) is 2.77. The van der Waals surface area contributed by atoms with E-state index in [4.69, 9.17) is 10.4 Å². The van der Waals surface area contributed by atoms with Crippen LogP contribution in [0.4, 0.5) is 4.39 Å². The molecule has 1 unspecified atom stereocenters. The summed E-state index contributed by atoms with van der Waals surface area (Å²) in [5.74, 6) is 5.19. The predicted octanol–water partition coefficient (Wildman–Crippen LogP) is 2.15. The van der Waals surface area contributed by atoms with Crippen molar-refractivity contribution in [2.24, 2.45) is 5.92 Å². The van der Waals surface area contributed by atoms with Crippen LogP contribution in [0.2, 0.25) is 0 Å². The zero-order chi connectivity index (χ0) is 15.0. The average Bonchev–Trinajstić information content (AvgIpc) is 2.42. The zero-order valence-electron chi connectivity index (χ0n) is 11.9. The van der Waals surface area contributed by atoms with Crippen LogP contribution in [0.1, 0.15) is 24.5 Å². The first-order valence-electron chi connectivity index (χ1n) is 6.53. The van der Waals surface area contributed by atoms with E-state index < -0.39 is 0 Å². The number of nitriles is 1. The molecule has 20 heavy (non-hydrogen) atoms. The maximum Gasteiger partial charge on any atom is 0.128 e. The molecule has 1 atom stereocenters. The summed E-state index contributed by atoms with van der Waals surface area (Å²) in [5.41, 5.74) is 1.19. The highest BCUT2D eigenvalue weighted by molar-refractivity contribution is 5.37. The summed E-state index contributed by atoms with van der Waals surface area (Å²) in [6.07, 6.45) is 0.387. The summed E-state index contributed by atoms with van der Waals surface area (Å²) in [4.78, 5) is 1.92. The molecule has 3 nitrogen and oxygen atoms in total. The number of aliphatic hydroxyl groups is 1. The molecule has 1 aromatic carbocycles. The van der Waals surface area contributed by atoms with E-state index in [-0.39, 0.29) is 18.3 Å². The predicted molar refractivity (Wildman–Crippen MR) is 76.1 cm³/mol. The first-order valence-corrected chi connectivity index (χ1v) is 6.53. The van der Waals surface area contributed by atoms with Crippen molar-refractivity contribution in [1.82, 2.24) is 4.90 Å². The lowest BCUT2D eigenvalue weighted by Gasteiger charge is -2.18. The maximum absolute atomic E-state index is 13.9. The highest BCUT2D eigenvalue weighted by Crippen LogP contribution is 2.12. The molecule has 0 aromatic heterocycles. The quantitative estimate of drug-likeness (QED) is 0.837. The van der Waals surface area contributed by atoms with Crippen LogP contribution in [-0.4, -0.2) is 30.2 Å². The van der Waals surface area contributed by atoms with E-state index in [1.165, 1.54) is 6.07 Å². The average molecular weight is 274 g/mol. The highest BCUT2D eigenvalue weighted by atomic mass is 19.1. The Bertz CT molecular complexity index is 540. The van der Waals surface area contributed by atoms with Gasteiger partial charge in [-0.3, -0.25) is 0 Å². The van der Waals surface area contributed by atoms with Gasteiger partial charge in [0.25, 0.3) is 0 Å². The molecule has 0 spiro atoms. The molecule has 1 N–H and O–H groups in total. The van der Waals surface area contributed by atoms with Gasteiger partial charge < -0.3 is 10.0 Å². The molecule has 0 aliphatic heterocycles. The SMILES string of the molecule is CC(C#N)CN(C)Cc1ccc(C#CCCO)cc1F. The van der Waals surface area contributed by atoms with Crippen molar-refractivity contribution >= 4 is 0 Å². The number of hydrogen-bond donors (Lipinski definition) is 1. The number of hydrogen-bond acceptors (Lipinski definition) is 3. The van der Waals surface area contributed by atoms with Crippen LogP contribution in [-0.2, 0) is 6.54 Å². The molecular formula is C16H19FN2O. The molecule has 0 saturated carbocycles. The lowest BCUT2D eigenvalue weighted by atomic mass is 10.1. The Balaban J connectivity index is 2.69. The van der Waals surface area contributed by atoms with Gasteiger partial charge in [-0.1, -0.05) is 17.9 Å². The summed E-state index contributed by atoms with van der Waals surface area (Å²) in [7, 11) is 1.86. The topological polar surface area (TPSA) is 47.3 Å². The Hall–Kier alpha value is -1.88. The van der Waals surface area contributed by atoms with Crippen LogP contribution in [0.25, 0.3) is 0 Å². The molecule has 0 amide bonds. The number of rotatable bonds is 5. The summed E-state index contributed by atoms with van der Waals surface area (Å²) < 4.78 is 13.9. The Morgan fingerprint density at radius 1 is 1.45 bits per heavy atom. The van der Waals surface area contributed by atoms with Gasteiger partial charge in [-0.15, -0.1) is 0 Å². The standard InChI is InChI=1S/C16H19FN2O/c1-13(10-18)11-19(2)12-15-7-6-14(9-16(15)17)5-3-4-8-20/h6-7,9,13,20H,4,8,11-12H2,1-2H3. The molecule has 1 rings (SSSR count). The van der Waals surface area contributed by atoms with Crippen molar-refractivity contribution in [3.63, 3.8) is 0 Å². The second-order valence-corrected chi connectivity index (χ2v) is 4.81. The monoisotopic (exact) mass is 274 g/mol. The molecule has 0 bridgehead atoms. The van der Waals surface area contributed by atoms with Gasteiger partial charge in [0.05, 0.1) is 18.6 Å². The molecular weight excluding hydrogens is 255 g/mol. The number of aliphatic hydroxyl groups excluding tert-OH is 1. The van der Waals surface area contributed by atoms with Gasteiger partial charge in [-0.05, 0) is 26.1 Å². The molecule has 106 valence electrons. The van der Waals surface area contributed by atoms with E-state index >= 15 is 0 Å². The van der Waals surface area contributed by atoms with Crippen molar-refractivity contribution in [3.05, 3.63) is 35.1 Å². The minimum Gasteiger partial charge on any atom is -0.395 e. The fourth-order valence-corrected chi connectivity index (χ4v) is 1.84. The fourth-order valence-electron chi connectivity index (χ4n) is 1.84. The van der Waals surface area contributed by atoms with Crippen LogP contribution >= 0.6 is 0 Å². The van der Waals surface area contributed by atoms with Gasteiger partial charge >= 0.3 is 0 Å². The molecule has 0 fully saturated rings. The first-order chi connectivity index (χ1) is 9.56. The van der Waals surface area contributed by atoms with Crippen molar-refractivity contribution in [3.8, 4) is 17.9 Å². The smallest absolute Gasteiger partial charge is 0.128 e. The van der Waals surface area contributed by atoms with Crippen molar-refractivity contribution in [2.75, 3.05) is 20.2 Å². The van der Waals surface area contributed by atoms with Gasteiger partial charge in [0, 0.05) is 30.6 Å². The Kier molecular flexibility index (Phi) is 6.73. The van der Waals surface area contributed by atoms with Crippen LogP contribution < -0.4 is 0 Å². The van der Waals surface area contributed by atoms with E-state index in [0.717, 1.165) is 0 Å². The lowest BCUT2D eigenvalue weighted by Crippen LogP contribution is -2.23. The Morgan fingerprint density at radius 2 is 2.20 bits per heavy atom. The fraction of sp³-hybridized carbons (Fsp3) is 0.438. The minimum absolute atomic E-state index is 0.00936. The van der Waals surface area contributed by atoms with E-state index in [2.05, 4.69) is 17.9 Å². The second kappa shape index (κ2) is 8.32. The number of nitrogens with zero attached hydrogens (tertiary/aromatic N) is 2. The van der Waals surface area contributed by atoms with Gasteiger partial charge in [-0.25, -0.2) is 4.39 Å². The normalized spacial score (nSPS) is 11.6. The Labute approximate surface area is 119 Å². The van der Waals surface area contributed by atoms with E-state index in [1.54, 1.807) is 12.1 Å². The van der Waals surface area contributed by atoms with Gasteiger partial charge in [0.15, 0.2) is 0 Å². The third kappa shape index (κ3) is 5.40. The van der Waals surface area contributed by atoms with E-state index in [0.29, 0.717) is 30.6 Å². The van der Waals surface area contributed by atoms with Crippen LogP contribution in [0.3, 0.4) is 0 Å². The molecule has 0 saturated heterocycles.